The minimum absolute atomic E-state index is 0.230. The van der Waals surface area contributed by atoms with E-state index in [4.69, 9.17) is 9.47 Å². The van der Waals surface area contributed by atoms with Crippen LogP contribution in [0, 0.1) is 11.3 Å². The fourth-order valence-electron chi connectivity index (χ4n) is 3.96. The molecule has 2 aliphatic carbocycles. The molecule has 26 heavy (non-hydrogen) atoms. The van der Waals surface area contributed by atoms with Crippen molar-refractivity contribution in [3.05, 3.63) is 0 Å². The Balaban J connectivity index is 1.76. The van der Waals surface area contributed by atoms with E-state index in [-0.39, 0.29) is 17.6 Å². The zero-order valence-electron chi connectivity index (χ0n) is 16.3. The first-order valence-corrected chi connectivity index (χ1v) is 9.95. The lowest BCUT2D eigenvalue weighted by molar-refractivity contribution is -0.180. The van der Waals surface area contributed by atoms with Crippen LogP contribution >= 0.6 is 0 Å². The van der Waals surface area contributed by atoms with E-state index in [0.29, 0.717) is 5.92 Å². The van der Waals surface area contributed by atoms with Crippen molar-refractivity contribution in [1.82, 2.24) is 0 Å². The third-order valence-electron chi connectivity index (χ3n) is 5.80. The average molecular weight is 370 g/mol. The van der Waals surface area contributed by atoms with Gasteiger partial charge in [-0.3, -0.25) is 0 Å². The van der Waals surface area contributed by atoms with Crippen LogP contribution in [0.1, 0.15) is 78.6 Å². The second kappa shape index (κ2) is 9.18. The Bertz CT molecular complexity index is 469. The molecule has 0 unspecified atom stereocenters. The number of carbonyl (C=O) groups is 2. The molecule has 0 spiro atoms. The van der Waals surface area contributed by atoms with Gasteiger partial charge in [0.2, 0.25) is 0 Å². The van der Waals surface area contributed by atoms with Gasteiger partial charge in [-0.25, -0.2) is 9.59 Å². The summed E-state index contributed by atoms with van der Waals surface area (Å²) < 4.78 is 10.5. The Kier molecular flexibility index (Phi) is 7.47. The summed E-state index contributed by atoms with van der Waals surface area (Å²) in [7, 11) is 0. The summed E-state index contributed by atoms with van der Waals surface area (Å²) in [4.78, 5) is 24.1. The number of aliphatic hydroxyl groups is 2. The van der Waals surface area contributed by atoms with Crippen LogP contribution in [-0.2, 0) is 19.1 Å². The first-order valence-electron chi connectivity index (χ1n) is 9.95. The van der Waals surface area contributed by atoms with E-state index in [2.05, 4.69) is 20.8 Å². The smallest absolute Gasteiger partial charge is 0.338 e. The number of hydrogen-bond donors (Lipinski definition) is 2. The number of ether oxygens (including phenoxy) is 2. The lowest BCUT2D eigenvalue weighted by Crippen LogP contribution is -2.44. The molecule has 2 aliphatic rings. The van der Waals surface area contributed by atoms with E-state index in [0.717, 1.165) is 57.8 Å². The maximum Gasteiger partial charge on any atom is 0.338 e. The predicted molar refractivity (Wildman–Crippen MR) is 96.3 cm³/mol. The van der Waals surface area contributed by atoms with Crippen LogP contribution in [-0.4, -0.2) is 46.6 Å². The van der Waals surface area contributed by atoms with Gasteiger partial charge in [0, 0.05) is 0 Å². The van der Waals surface area contributed by atoms with Gasteiger partial charge in [0.25, 0.3) is 0 Å². The van der Waals surface area contributed by atoms with Gasteiger partial charge in [0.15, 0.2) is 12.2 Å². The number of carbonyl (C=O) groups excluding carboxylic acids is 2. The van der Waals surface area contributed by atoms with Crippen LogP contribution in [0.15, 0.2) is 0 Å². The standard InChI is InChI=1S/C20H34O6/c1-20(2,3)13-9-11-15(12-10-13)26-19(24)17(22)16(21)18(23)25-14-7-5-4-6-8-14/h13-17,21-22H,4-12H2,1-3H3/t13?,15?,16-,17+/m0/s1. The van der Waals surface area contributed by atoms with Crippen molar-refractivity contribution in [2.75, 3.05) is 0 Å². The molecule has 0 radical (unpaired) electrons. The molecule has 0 heterocycles. The summed E-state index contributed by atoms with van der Waals surface area (Å²) in [6.45, 7) is 6.63. The number of aliphatic hydroxyl groups excluding tert-OH is 2. The van der Waals surface area contributed by atoms with Crippen LogP contribution in [0.25, 0.3) is 0 Å². The quantitative estimate of drug-likeness (QED) is 0.723. The molecular weight excluding hydrogens is 336 g/mol. The van der Waals surface area contributed by atoms with Crippen molar-refractivity contribution in [3.8, 4) is 0 Å². The van der Waals surface area contributed by atoms with Crippen LogP contribution in [0.3, 0.4) is 0 Å². The Morgan fingerprint density at radius 2 is 1.19 bits per heavy atom. The van der Waals surface area contributed by atoms with E-state index in [1.807, 2.05) is 0 Å². The normalized spacial score (nSPS) is 27.4. The van der Waals surface area contributed by atoms with Gasteiger partial charge < -0.3 is 19.7 Å². The molecule has 0 saturated heterocycles. The Hall–Kier alpha value is -1.14. The van der Waals surface area contributed by atoms with E-state index in [1.54, 1.807) is 0 Å². The van der Waals surface area contributed by atoms with E-state index in [9.17, 15) is 19.8 Å². The maximum atomic E-state index is 12.1. The predicted octanol–water partition coefficient (Wildman–Crippen LogP) is 2.73. The highest BCUT2D eigenvalue weighted by molar-refractivity contribution is 5.85. The molecule has 6 nitrogen and oxygen atoms in total. The highest BCUT2D eigenvalue weighted by Gasteiger charge is 2.37. The maximum absolute atomic E-state index is 12.1. The summed E-state index contributed by atoms with van der Waals surface area (Å²) in [5, 5.41) is 19.9. The molecule has 2 N–H and O–H groups in total. The molecular formula is C20H34O6. The van der Waals surface area contributed by atoms with Gasteiger partial charge in [-0.1, -0.05) is 27.2 Å². The third kappa shape index (κ3) is 5.95. The average Bonchev–Trinajstić information content (AvgIpc) is 2.61. The molecule has 6 heteroatoms. The minimum Gasteiger partial charge on any atom is -0.460 e. The summed E-state index contributed by atoms with van der Waals surface area (Å²) in [6, 6.07) is 0. The van der Waals surface area contributed by atoms with Crippen LogP contribution < -0.4 is 0 Å². The molecule has 2 rings (SSSR count). The highest BCUT2D eigenvalue weighted by atomic mass is 16.6. The number of esters is 2. The van der Waals surface area contributed by atoms with Crippen molar-refractivity contribution in [1.29, 1.82) is 0 Å². The van der Waals surface area contributed by atoms with Crippen LogP contribution in [0.2, 0.25) is 0 Å². The fraction of sp³-hybridized carbons (Fsp3) is 0.900. The van der Waals surface area contributed by atoms with Gasteiger partial charge in [0.1, 0.15) is 12.2 Å². The Labute approximate surface area is 156 Å². The molecule has 0 aliphatic heterocycles. The zero-order chi connectivity index (χ0) is 19.3. The molecule has 2 atom stereocenters. The summed E-state index contributed by atoms with van der Waals surface area (Å²) >= 11 is 0. The molecule has 2 fully saturated rings. The molecule has 0 bridgehead atoms. The van der Waals surface area contributed by atoms with Gasteiger partial charge in [-0.05, 0) is 62.7 Å². The molecule has 0 aromatic carbocycles. The largest absolute Gasteiger partial charge is 0.460 e. The zero-order valence-corrected chi connectivity index (χ0v) is 16.3. The highest BCUT2D eigenvalue weighted by Crippen LogP contribution is 2.38. The SMILES string of the molecule is CC(C)(C)C1CCC(OC(=O)[C@H](O)[C@H](O)C(=O)OC2CCCCC2)CC1. The first kappa shape index (κ1) is 21.2. The second-order valence-electron chi connectivity index (χ2n) is 8.86. The summed E-state index contributed by atoms with van der Waals surface area (Å²) in [5.74, 6) is -1.31. The van der Waals surface area contributed by atoms with Crippen molar-refractivity contribution in [2.45, 2.75) is 103 Å². The third-order valence-corrected chi connectivity index (χ3v) is 5.80. The van der Waals surface area contributed by atoms with E-state index in [1.165, 1.54) is 0 Å². The number of hydrogen-bond acceptors (Lipinski definition) is 6. The van der Waals surface area contributed by atoms with Crippen molar-refractivity contribution in [2.24, 2.45) is 11.3 Å². The lowest BCUT2D eigenvalue weighted by atomic mass is 9.72. The van der Waals surface area contributed by atoms with Crippen molar-refractivity contribution >= 4 is 11.9 Å². The van der Waals surface area contributed by atoms with E-state index >= 15 is 0 Å². The molecule has 0 aromatic heterocycles. The van der Waals surface area contributed by atoms with Gasteiger partial charge in [-0.2, -0.15) is 0 Å². The lowest BCUT2D eigenvalue weighted by Gasteiger charge is -2.36. The van der Waals surface area contributed by atoms with Gasteiger partial charge >= 0.3 is 11.9 Å². The van der Waals surface area contributed by atoms with Gasteiger partial charge in [0.05, 0.1) is 0 Å². The van der Waals surface area contributed by atoms with Crippen LogP contribution in [0.5, 0.6) is 0 Å². The van der Waals surface area contributed by atoms with Crippen LogP contribution in [0.4, 0.5) is 0 Å². The van der Waals surface area contributed by atoms with Gasteiger partial charge in [-0.15, -0.1) is 0 Å². The molecule has 0 amide bonds. The second-order valence-corrected chi connectivity index (χ2v) is 8.86. The van der Waals surface area contributed by atoms with Crippen molar-refractivity contribution in [3.63, 3.8) is 0 Å². The summed E-state index contributed by atoms with van der Waals surface area (Å²) in [6.07, 6.45) is 3.71. The summed E-state index contributed by atoms with van der Waals surface area (Å²) in [5.41, 5.74) is 0.230. The number of rotatable bonds is 5. The van der Waals surface area contributed by atoms with Crippen molar-refractivity contribution < 1.29 is 29.3 Å². The molecule has 150 valence electrons. The molecule has 2 saturated carbocycles. The first-order chi connectivity index (χ1) is 12.2. The monoisotopic (exact) mass is 370 g/mol. The Morgan fingerprint density at radius 3 is 1.62 bits per heavy atom. The van der Waals surface area contributed by atoms with E-state index < -0.39 is 24.1 Å². The molecule has 0 aromatic rings. The topological polar surface area (TPSA) is 93.1 Å². The minimum atomic E-state index is -1.90. The Morgan fingerprint density at radius 1 is 0.769 bits per heavy atom. The fourth-order valence-corrected chi connectivity index (χ4v) is 3.96.